The molecule has 0 bridgehead atoms. The molecule has 0 saturated carbocycles. The Kier molecular flexibility index (Phi) is 2.90. The van der Waals surface area contributed by atoms with Crippen LogP contribution in [0.25, 0.3) is 0 Å². The standard InChI is InChI=1S/C11H18BrN3/c1-11(2)10(12)4-5-15(11)8-9-6-13-14(3)7-9/h6-7,10H,4-5,8H2,1-3H3. The van der Waals surface area contributed by atoms with Crippen LogP contribution in [0.5, 0.6) is 0 Å². The first kappa shape index (κ1) is 11.1. The maximum atomic E-state index is 4.20. The van der Waals surface area contributed by atoms with Crippen molar-refractivity contribution in [2.75, 3.05) is 6.54 Å². The van der Waals surface area contributed by atoms with Crippen molar-refractivity contribution in [3.63, 3.8) is 0 Å². The Hall–Kier alpha value is -0.350. The van der Waals surface area contributed by atoms with Gasteiger partial charge in [0, 0.05) is 42.3 Å². The molecule has 1 aromatic heterocycles. The summed E-state index contributed by atoms with van der Waals surface area (Å²) in [5, 5.41) is 4.20. The number of hydrogen-bond acceptors (Lipinski definition) is 2. The summed E-state index contributed by atoms with van der Waals surface area (Å²) in [6.45, 7) is 6.77. The lowest BCUT2D eigenvalue weighted by Gasteiger charge is -2.33. The Morgan fingerprint density at radius 3 is 2.80 bits per heavy atom. The van der Waals surface area contributed by atoms with Crippen LogP contribution in [0.3, 0.4) is 0 Å². The van der Waals surface area contributed by atoms with E-state index < -0.39 is 0 Å². The highest BCUT2D eigenvalue weighted by Gasteiger charge is 2.39. The highest BCUT2D eigenvalue weighted by atomic mass is 79.9. The van der Waals surface area contributed by atoms with E-state index in [0.717, 1.165) is 13.1 Å². The molecule has 1 fully saturated rings. The molecule has 0 amide bonds. The minimum atomic E-state index is 0.246. The predicted octanol–water partition coefficient (Wildman–Crippen LogP) is 2.17. The number of rotatable bonds is 2. The van der Waals surface area contributed by atoms with Crippen LogP contribution in [-0.2, 0) is 13.6 Å². The monoisotopic (exact) mass is 271 g/mol. The third kappa shape index (κ3) is 2.11. The van der Waals surface area contributed by atoms with Crippen molar-refractivity contribution < 1.29 is 0 Å². The first-order chi connectivity index (χ1) is 7.00. The quantitative estimate of drug-likeness (QED) is 0.769. The molecule has 2 heterocycles. The topological polar surface area (TPSA) is 21.1 Å². The molecule has 0 aromatic carbocycles. The van der Waals surface area contributed by atoms with Crippen LogP contribution >= 0.6 is 15.9 Å². The molecule has 15 heavy (non-hydrogen) atoms. The van der Waals surface area contributed by atoms with Gasteiger partial charge in [0.15, 0.2) is 0 Å². The highest BCUT2D eigenvalue weighted by molar-refractivity contribution is 9.09. The van der Waals surface area contributed by atoms with E-state index in [2.05, 4.69) is 46.0 Å². The molecule has 1 unspecified atom stereocenters. The number of aromatic nitrogens is 2. The molecule has 4 heteroatoms. The predicted molar refractivity (Wildman–Crippen MR) is 65.0 cm³/mol. The zero-order valence-corrected chi connectivity index (χ0v) is 11.2. The van der Waals surface area contributed by atoms with Gasteiger partial charge >= 0.3 is 0 Å². The van der Waals surface area contributed by atoms with Gasteiger partial charge in [-0.05, 0) is 20.3 Å². The van der Waals surface area contributed by atoms with E-state index in [1.54, 1.807) is 0 Å². The molecule has 1 aliphatic heterocycles. The number of aryl methyl sites for hydroxylation is 1. The fourth-order valence-corrected chi connectivity index (χ4v) is 2.66. The Bertz CT molecular complexity index is 345. The van der Waals surface area contributed by atoms with Crippen LogP contribution in [0.1, 0.15) is 25.8 Å². The first-order valence-electron chi connectivity index (χ1n) is 5.37. The normalized spacial score (nSPS) is 26.0. The summed E-state index contributed by atoms with van der Waals surface area (Å²) < 4.78 is 1.87. The van der Waals surface area contributed by atoms with Crippen molar-refractivity contribution in [1.82, 2.24) is 14.7 Å². The van der Waals surface area contributed by atoms with E-state index in [1.165, 1.54) is 12.0 Å². The number of hydrogen-bond donors (Lipinski definition) is 0. The maximum Gasteiger partial charge on any atom is 0.0534 e. The Morgan fingerprint density at radius 2 is 2.33 bits per heavy atom. The third-order valence-corrected chi connectivity index (χ3v) is 4.94. The average molecular weight is 272 g/mol. The van der Waals surface area contributed by atoms with Crippen LogP contribution < -0.4 is 0 Å². The van der Waals surface area contributed by atoms with Gasteiger partial charge < -0.3 is 0 Å². The largest absolute Gasteiger partial charge is 0.293 e. The summed E-state index contributed by atoms with van der Waals surface area (Å²) in [5.74, 6) is 0. The van der Waals surface area contributed by atoms with Crippen molar-refractivity contribution in [2.45, 2.75) is 37.2 Å². The van der Waals surface area contributed by atoms with Gasteiger partial charge in [-0.25, -0.2) is 0 Å². The van der Waals surface area contributed by atoms with E-state index in [-0.39, 0.29) is 5.54 Å². The minimum Gasteiger partial charge on any atom is -0.293 e. The Balaban J connectivity index is 2.07. The molecule has 0 N–H and O–H groups in total. The lowest BCUT2D eigenvalue weighted by atomic mass is 10.0. The molecule has 0 spiro atoms. The molecule has 1 atom stereocenters. The fraction of sp³-hybridized carbons (Fsp3) is 0.727. The summed E-state index contributed by atoms with van der Waals surface area (Å²) in [7, 11) is 1.96. The summed E-state index contributed by atoms with van der Waals surface area (Å²) in [5.41, 5.74) is 1.54. The molecular weight excluding hydrogens is 254 g/mol. The van der Waals surface area contributed by atoms with Crippen LogP contribution in [0, 0.1) is 0 Å². The van der Waals surface area contributed by atoms with Crippen LogP contribution in [0.15, 0.2) is 12.4 Å². The van der Waals surface area contributed by atoms with Crippen molar-refractivity contribution in [3.8, 4) is 0 Å². The van der Waals surface area contributed by atoms with E-state index in [0.29, 0.717) is 4.83 Å². The fourth-order valence-electron chi connectivity index (χ4n) is 2.17. The van der Waals surface area contributed by atoms with Gasteiger partial charge in [0.25, 0.3) is 0 Å². The van der Waals surface area contributed by atoms with Crippen LogP contribution in [0.4, 0.5) is 0 Å². The van der Waals surface area contributed by atoms with Gasteiger partial charge in [0.2, 0.25) is 0 Å². The second-order valence-electron chi connectivity index (χ2n) is 4.85. The van der Waals surface area contributed by atoms with E-state index >= 15 is 0 Å². The zero-order chi connectivity index (χ0) is 11.1. The van der Waals surface area contributed by atoms with E-state index in [1.807, 2.05) is 17.9 Å². The lowest BCUT2D eigenvalue weighted by molar-refractivity contribution is 0.171. The van der Waals surface area contributed by atoms with Gasteiger partial charge in [0.05, 0.1) is 6.20 Å². The van der Waals surface area contributed by atoms with Crippen molar-refractivity contribution >= 4 is 15.9 Å². The molecule has 84 valence electrons. The smallest absolute Gasteiger partial charge is 0.0534 e. The summed E-state index contributed by atoms with van der Waals surface area (Å²) in [4.78, 5) is 3.12. The SMILES string of the molecule is Cn1cc(CN2CCC(Br)C2(C)C)cn1. The van der Waals surface area contributed by atoms with Crippen molar-refractivity contribution in [3.05, 3.63) is 18.0 Å². The highest BCUT2D eigenvalue weighted by Crippen LogP contribution is 2.35. The Morgan fingerprint density at radius 1 is 1.60 bits per heavy atom. The van der Waals surface area contributed by atoms with Gasteiger partial charge in [-0.2, -0.15) is 5.10 Å². The number of nitrogens with zero attached hydrogens (tertiary/aromatic N) is 3. The van der Waals surface area contributed by atoms with Crippen molar-refractivity contribution in [1.29, 1.82) is 0 Å². The maximum absolute atomic E-state index is 4.20. The van der Waals surface area contributed by atoms with Crippen LogP contribution in [0.2, 0.25) is 0 Å². The first-order valence-corrected chi connectivity index (χ1v) is 6.28. The Labute approximate surface area is 99.6 Å². The molecule has 1 saturated heterocycles. The number of alkyl halides is 1. The summed E-state index contributed by atoms with van der Waals surface area (Å²) in [6.07, 6.45) is 5.28. The molecule has 1 aliphatic rings. The van der Waals surface area contributed by atoms with Crippen LogP contribution in [-0.4, -0.2) is 31.6 Å². The van der Waals surface area contributed by atoms with E-state index in [4.69, 9.17) is 0 Å². The van der Waals surface area contributed by atoms with Gasteiger partial charge in [-0.1, -0.05) is 15.9 Å². The molecule has 0 radical (unpaired) electrons. The van der Waals surface area contributed by atoms with Gasteiger partial charge in [0.1, 0.15) is 0 Å². The minimum absolute atomic E-state index is 0.246. The van der Waals surface area contributed by atoms with Gasteiger partial charge in [-0.3, -0.25) is 9.58 Å². The van der Waals surface area contributed by atoms with Gasteiger partial charge in [-0.15, -0.1) is 0 Å². The molecule has 0 aliphatic carbocycles. The van der Waals surface area contributed by atoms with Crippen molar-refractivity contribution in [2.24, 2.45) is 7.05 Å². The molecule has 2 rings (SSSR count). The number of likely N-dealkylation sites (tertiary alicyclic amines) is 1. The number of halogens is 1. The third-order valence-electron chi connectivity index (χ3n) is 3.37. The van der Waals surface area contributed by atoms with E-state index in [9.17, 15) is 0 Å². The second kappa shape index (κ2) is 3.91. The molecule has 1 aromatic rings. The zero-order valence-electron chi connectivity index (χ0n) is 9.57. The second-order valence-corrected chi connectivity index (χ2v) is 5.96. The summed E-state index contributed by atoms with van der Waals surface area (Å²) >= 11 is 3.76. The lowest BCUT2D eigenvalue weighted by Crippen LogP contribution is -2.42. The molecular formula is C11H18BrN3. The summed E-state index contributed by atoms with van der Waals surface area (Å²) in [6, 6.07) is 0. The average Bonchev–Trinajstić information content (AvgIpc) is 2.66. The molecule has 3 nitrogen and oxygen atoms in total.